The molecular formula is C32H46F3N9O4. The van der Waals surface area contributed by atoms with Crippen LogP contribution in [-0.2, 0) is 20.9 Å². The van der Waals surface area contributed by atoms with E-state index in [0.717, 1.165) is 18.9 Å². The Morgan fingerprint density at radius 3 is 2.35 bits per heavy atom. The van der Waals surface area contributed by atoms with Crippen molar-refractivity contribution in [3.8, 4) is 0 Å². The van der Waals surface area contributed by atoms with Gasteiger partial charge in [-0.05, 0) is 73.7 Å². The summed E-state index contributed by atoms with van der Waals surface area (Å²) in [6.07, 6.45) is 3.10. The van der Waals surface area contributed by atoms with Gasteiger partial charge in [-0.2, -0.15) is 8.78 Å². The van der Waals surface area contributed by atoms with E-state index in [4.69, 9.17) is 0 Å². The van der Waals surface area contributed by atoms with E-state index >= 15 is 4.39 Å². The maximum Gasteiger partial charge on any atom is 0.321 e. The van der Waals surface area contributed by atoms with E-state index < -0.39 is 53.4 Å². The summed E-state index contributed by atoms with van der Waals surface area (Å²) in [4.78, 5) is 56.3. The molecule has 4 atom stereocenters. The highest BCUT2D eigenvalue weighted by Crippen LogP contribution is 2.32. The largest absolute Gasteiger partial charge is 0.339 e. The zero-order valence-electron chi connectivity index (χ0n) is 28.3. The molecule has 2 heterocycles. The number of piperazine rings is 1. The van der Waals surface area contributed by atoms with Crippen LogP contribution in [0.3, 0.4) is 0 Å². The molecule has 264 valence electrons. The summed E-state index contributed by atoms with van der Waals surface area (Å²) in [6, 6.07) is 1.51. The lowest BCUT2D eigenvalue weighted by Crippen LogP contribution is -2.59. The Labute approximate surface area is 278 Å². The second-order valence-electron chi connectivity index (χ2n) is 13.3. The van der Waals surface area contributed by atoms with Crippen LogP contribution in [0.4, 0.5) is 18.9 Å². The topological polar surface area (TPSA) is 154 Å². The zero-order valence-corrected chi connectivity index (χ0v) is 28.3. The zero-order chi connectivity index (χ0) is 35.3. The molecule has 1 aliphatic heterocycles. The molecule has 16 heteroatoms. The van der Waals surface area contributed by atoms with Gasteiger partial charge in [-0.15, -0.1) is 5.10 Å². The summed E-state index contributed by atoms with van der Waals surface area (Å²) in [5.41, 5.74) is 0.0842. The molecule has 48 heavy (non-hydrogen) atoms. The Bertz CT molecular complexity index is 1470. The van der Waals surface area contributed by atoms with Gasteiger partial charge >= 0.3 is 5.92 Å². The number of carbonyl (C=O) groups excluding carboxylic acids is 4. The van der Waals surface area contributed by atoms with Crippen LogP contribution in [0.5, 0.6) is 0 Å². The smallest absolute Gasteiger partial charge is 0.321 e. The fourth-order valence-corrected chi connectivity index (χ4v) is 6.24. The van der Waals surface area contributed by atoms with E-state index in [1.807, 2.05) is 14.0 Å². The van der Waals surface area contributed by atoms with Crippen molar-refractivity contribution in [2.75, 3.05) is 32.0 Å². The van der Waals surface area contributed by atoms with Crippen molar-refractivity contribution in [2.24, 2.45) is 11.8 Å². The van der Waals surface area contributed by atoms with Crippen molar-refractivity contribution >= 4 is 29.3 Å². The Morgan fingerprint density at radius 2 is 1.75 bits per heavy atom. The second kappa shape index (κ2) is 15.4. The lowest BCUT2D eigenvalue weighted by atomic mass is 9.79. The Morgan fingerprint density at radius 1 is 1.06 bits per heavy atom. The molecule has 0 bridgehead atoms. The first kappa shape index (κ1) is 36.8. The van der Waals surface area contributed by atoms with Crippen LogP contribution in [0, 0.1) is 17.7 Å². The molecule has 13 nitrogen and oxygen atoms in total. The minimum atomic E-state index is -3.74. The van der Waals surface area contributed by atoms with Crippen molar-refractivity contribution < 1.29 is 32.3 Å². The number of benzene rings is 1. The number of anilines is 1. The number of alkyl halides is 2. The number of amides is 4. The van der Waals surface area contributed by atoms with Gasteiger partial charge in [-0.25, -0.2) is 9.07 Å². The van der Waals surface area contributed by atoms with E-state index in [0.29, 0.717) is 51.9 Å². The standard InChI is InChI=1S/C32H46F3N9O4/c1-7-44-27(39-40-41-44)29(46)37-26(21-10-8-18(2)9-11-21)28(45)36-24-13-12-22(16-23(24)33)20(4)25(38-31(48)32(5,34)35)30(47)43-15-14-42(6)19(3)17-43/h12-13,16,18-21,25-26H,7-11,14-15,17H2,1-6H3,(H,36,45)(H,37,46)(H,38,48)/t18?,19-,20+,21?,25-,26+/m1/s1. The Hall–Kier alpha value is -4.08. The molecule has 2 aliphatic rings. The molecule has 4 rings (SSSR count). The van der Waals surface area contributed by atoms with Crippen molar-refractivity contribution in [3.05, 3.63) is 35.4 Å². The highest BCUT2D eigenvalue weighted by atomic mass is 19.3. The van der Waals surface area contributed by atoms with Crippen LogP contribution in [0.25, 0.3) is 0 Å². The predicted octanol–water partition coefficient (Wildman–Crippen LogP) is 2.80. The number of carbonyl (C=O) groups is 4. The lowest BCUT2D eigenvalue weighted by Gasteiger charge is -2.40. The summed E-state index contributed by atoms with van der Waals surface area (Å²) < 4.78 is 44.8. The van der Waals surface area contributed by atoms with Crippen LogP contribution in [0.1, 0.15) is 82.4 Å². The number of hydrogen-bond donors (Lipinski definition) is 3. The van der Waals surface area contributed by atoms with Crippen LogP contribution in [0.15, 0.2) is 18.2 Å². The number of likely N-dealkylation sites (N-methyl/N-ethyl adjacent to an activating group) is 1. The molecule has 3 N–H and O–H groups in total. The molecule has 2 aromatic rings. The Kier molecular flexibility index (Phi) is 11.8. The van der Waals surface area contributed by atoms with Crippen molar-refractivity contribution in [3.63, 3.8) is 0 Å². The molecule has 1 aromatic carbocycles. The molecule has 1 saturated heterocycles. The first-order chi connectivity index (χ1) is 22.6. The molecule has 2 fully saturated rings. The molecule has 4 amide bonds. The number of aryl methyl sites for hydroxylation is 1. The quantitative estimate of drug-likeness (QED) is 0.328. The maximum absolute atomic E-state index is 15.6. The molecule has 0 radical (unpaired) electrons. The third kappa shape index (κ3) is 8.68. The van der Waals surface area contributed by atoms with Gasteiger partial charge in [0.1, 0.15) is 17.9 Å². The normalized spacial score (nSPS) is 22.4. The lowest BCUT2D eigenvalue weighted by molar-refractivity contribution is -0.148. The van der Waals surface area contributed by atoms with Crippen LogP contribution in [-0.4, -0.2) is 104 Å². The van der Waals surface area contributed by atoms with Crippen LogP contribution < -0.4 is 16.0 Å². The second-order valence-corrected chi connectivity index (χ2v) is 13.3. The van der Waals surface area contributed by atoms with E-state index in [1.165, 1.54) is 21.7 Å². The minimum absolute atomic E-state index is 0.00895. The van der Waals surface area contributed by atoms with E-state index in [2.05, 4.69) is 43.3 Å². The van der Waals surface area contributed by atoms with Gasteiger partial charge in [0.2, 0.25) is 17.6 Å². The summed E-state index contributed by atoms with van der Waals surface area (Å²) in [7, 11) is 1.91. The Balaban J connectivity index is 1.55. The number of hydrogen-bond acceptors (Lipinski definition) is 8. The monoisotopic (exact) mass is 677 g/mol. The first-order valence-electron chi connectivity index (χ1n) is 16.5. The molecule has 0 spiro atoms. The van der Waals surface area contributed by atoms with Gasteiger partial charge < -0.3 is 25.8 Å². The first-order valence-corrected chi connectivity index (χ1v) is 16.5. The van der Waals surface area contributed by atoms with Crippen LogP contribution in [0.2, 0.25) is 0 Å². The van der Waals surface area contributed by atoms with Gasteiger partial charge in [-0.3, -0.25) is 19.2 Å². The molecule has 1 saturated carbocycles. The van der Waals surface area contributed by atoms with Gasteiger partial charge in [-0.1, -0.05) is 32.8 Å². The molecule has 1 aliphatic carbocycles. The highest BCUT2D eigenvalue weighted by molar-refractivity contribution is 6.00. The number of aromatic nitrogens is 4. The number of halogens is 3. The third-order valence-electron chi connectivity index (χ3n) is 9.64. The molecular weight excluding hydrogens is 631 g/mol. The molecule has 0 unspecified atom stereocenters. The predicted molar refractivity (Wildman–Crippen MR) is 171 cm³/mol. The van der Waals surface area contributed by atoms with Gasteiger partial charge in [0, 0.05) is 45.1 Å². The summed E-state index contributed by atoms with van der Waals surface area (Å²) in [6.45, 7) is 9.39. The van der Waals surface area contributed by atoms with Crippen molar-refractivity contribution in [1.29, 1.82) is 0 Å². The third-order valence-corrected chi connectivity index (χ3v) is 9.64. The summed E-state index contributed by atoms with van der Waals surface area (Å²) in [5, 5.41) is 18.6. The van der Waals surface area contributed by atoms with Crippen molar-refractivity contribution in [2.45, 2.75) is 96.8 Å². The summed E-state index contributed by atoms with van der Waals surface area (Å²) >= 11 is 0. The molecule has 1 aromatic heterocycles. The fourth-order valence-electron chi connectivity index (χ4n) is 6.24. The number of tetrazole rings is 1. The van der Waals surface area contributed by atoms with Crippen LogP contribution >= 0.6 is 0 Å². The number of nitrogens with one attached hydrogen (secondary N) is 3. The van der Waals surface area contributed by atoms with E-state index in [9.17, 15) is 28.0 Å². The maximum atomic E-state index is 15.6. The van der Waals surface area contributed by atoms with E-state index in [-0.39, 0.29) is 29.0 Å². The fraction of sp³-hybridized carbons (Fsp3) is 0.656. The SMILES string of the molecule is CCn1nnnc1C(=O)N[C@H](C(=O)Nc1ccc([C@H](C)[C@@H](NC(=O)C(C)(F)F)C(=O)N2CCN(C)[C@H](C)C2)cc1F)C1CCC(C)CC1. The van der Waals surface area contributed by atoms with Crippen molar-refractivity contribution in [1.82, 2.24) is 40.6 Å². The van der Waals surface area contributed by atoms with Gasteiger partial charge in [0.25, 0.3) is 11.8 Å². The number of rotatable bonds is 11. The van der Waals surface area contributed by atoms with Gasteiger partial charge in [0.15, 0.2) is 0 Å². The highest BCUT2D eigenvalue weighted by Gasteiger charge is 2.40. The number of nitrogens with zero attached hydrogens (tertiary/aromatic N) is 6. The average Bonchev–Trinajstić information content (AvgIpc) is 3.53. The van der Waals surface area contributed by atoms with Gasteiger partial charge in [0.05, 0.1) is 5.69 Å². The minimum Gasteiger partial charge on any atom is -0.339 e. The van der Waals surface area contributed by atoms with E-state index in [1.54, 1.807) is 13.8 Å². The average molecular weight is 678 g/mol. The summed E-state index contributed by atoms with van der Waals surface area (Å²) in [5.74, 6) is -8.67.